The third-order valence-corrected chi connectivity index (χ3v) is 9.77. The number of nitriles is 1. The molecule has 14 nitrogen and oxygen atoms in total. The Bertz CT molecular complexity index is 2730. The van der Waals surface area contributed by atoms with Crippen molar-refractivity contribution in [3.63, 3.8) is 0 Å². The second-order valence-corrected chi connectivity index (χ2v) is 14.2. The van der Waals surface area contributed by atoms with Crippen LogP contribution in [0.2, 0.25) is 0 Å². The second kappa shape index (κ2) is 20.7. The van der Waals surface area contributed by atoms with Crippen LogP contribution in [-0.4, -0.2) is 65.7 Å². The Balaban J connectivity index is 1.20. The van der Waals surface area contributed by atoms with Gasteiger partial charge in [0.25, 0.3) is 11.8 Å². The zero-order valence-corrected chi connectivity index (χ0v) is 34.6. The molecule has 5 aromatic rings. The zero-order chi connectivity index (χ0) is 47.6. The fraction of sp³-hybridized carbons (Fsp3) is 0.170. The molecule has 0 fully saturated rings. The van der Waals surface area contributed by atoms with E-state index in [1.807, 2.05) is 6.07 Å². The molecule has 0 unspecified atom stereocenters. The molecule has 18 heteroatoms. The number of amides is 3. The molecule has 0 bridgehead atoms. The number of phenols is 2. The summed E-state index contributed by atoms with van der Waals surface area (Å²) in [5.74, 6) is -7.88. The third-order valence-electron chi connectivity index (χ3n) is 9.77. The number of benzene rings is 5. The largest absolute Gasteiger partial charge is 0.504 e. The fourth-order valence-corrected chi connectivity index (χ4v) is 6.40. The number of Topliss-reactive ketones (excluding diaryl/α,β-unsaturated/α-hetero) is 3. The second-order valence-electron chi connectivity index (χ2n) is 14.2. The highest BCUT2D eigenvalue weighted by atomic mass is 19.4. The molecule has 0 spiro atoms. The van der Waals surface area contributed by atoms with E-state index in [0.717, 1.165) is 24.3 Å². The predicted octanol–water partition coefficient (Wildman–Crippen LogP) is 8.46. The quantitative estimate of drug-likeness (QED) is 0.0338. The van der Waals surface area contributed by atoms with Crippen molar-refractivity contribution in [2.45, 2.75) is 32.4 Å². The molecule has 0 saturated carbocycles. The lowest BCUT2D eigenvalue weighted by molar-refractivity contribution is -0.128. The topological polar surface area (TPSA) is 221 Å². The maximum Gasteiger partial charge on any atom is 0.419 e. The molecule has 3 amide bonds. The van der Waals surface area contributed by atoms with Gasteiger partial charge in [-0.3, -0.25) is 28.8 Å². The number of hydrogen-bond donors (Lipinski definition) is 5. The maximum atomic E-state index is 13.8. The number of methoxy groups -OCH3 is 2. The highest BCUT2D eigenvalue weighted by Crippen LogP contribution is 2.41. The minimum Gasteiger partial charge on any atom is -0.504 e. The number of phenolic OH excluding ortho intramolecular Hbond substituents is 2. The van der Waals surface area contributed by atoms with Crippen LogP contribution < -0.4 is 25.4 Å². The highest BCUT2D eigenvalue weighted by molar-refractivity contribution is 6.11. The Morgan fingerprint density at radius 3 is 1.80 bits per heavy atom. The number of aromatic hydroxyl groups is 2. The van der Waals surface area contributed by atoms with Crippen LogP contribution in [0.3, 0.4) is 0 Å². The molecule has 0 aliphatic carbocycles. The van der Waals surface area contributed by atoms with E-state index in [1.165, 1.54) is 93.9 Å². The first-order valence-corrected chi connectivity index (χ1v) is 19.3. The molecule has 0 aliphatic heterocycles. The number of halogens is 4. The molecule has 0 heterocycles. The predicted molar refractivity (Wildman–Crippen MR) is 229 cm³/mol. The van der Waals surface area contributed by atoms with Gasteiger partial charge in [0.15, 0.2) is 40.3 Å². The standard InChI is InChI=1S/C47H38F4N4O10/c1-25(56)33-16-18-37(42(64-2)40(33)59)55-46(63)34-17-19-36(43(65-3)41(34)60)54-44(61)29-10-14-32(15-11-29)53-45(62)30(20-21-52)24-38(57)28-8-4-27(5-9-28)23-39(58)35(47(49,50)51)22-26-6-12-31(48)13-7-26/h4-19,22,30,59-60H,20,23-24H2,1-3H3,(H,53,62)(H,54,61)(H,55,63)/b35-22-/t30-/m1/s1. The van der Waals surface area contributed by atoms with Gasteiger partial charge in [0.2, 0.25) is 5.91 Å². The minimum absolute atomic E-state index is 0.00778. The molecule has 1 atom stereocenters. The lowest BCUT2D eigenvalue weighted by atomic mass is 9.93. The summed E-state index contributed by atoms with van der Waals surface area (Å²) in [6.07, 6.45) is -5.80. The molecule has 0 aliphatic rings. The van der Waals surface area contributed by atoms with Gasteiger partial charge in [-0.25, -0.2) is 4.39 Å². The van der Waals surface area contributed by atoms with Crippen molar-refractivity contribution in [1.82, 2.24) is 0 Å². The van der Waals surface area contributed by atoms with Gasteiger partial charge in [-0.15, -0.1) is 0 Å². The summed E-state index contributed by atoms with van der Waals surface area (Å²) >= 11 is 0. The summed E-state index contributed by atoms with van der Waals surface area (Å²) in [5.41, 5.74) is -1.29. The van der Waals surface area contributed by atoms with Crippen LogP contribution in [0.15, 0.2) is 103 Å². The van der Waals surface area contributed by atoms with Gasteiger partial charge in [-0.05, 0) is 84.8 Å². The number of hydrogen-bond acceptors (Lipinski definition) is 11. The normalized spacial score (nSPS) is 11.7. The van der Waals surface area contributed by atoms with Gasteiger partial charge in [0, 0.05) is 36.1 Å². The van der Waals surface area contributed by atoms with Crippen molar-refractivity contribution in [3.8, 4) is 29.1 Å². The van der Waals surface area contributed by atoms with E-state index in [9.17, 15) is 61.8 Å². The third kappa shape index (κ3) is 11.8. The van der Waals surface area contributed by atoms with E-state index in [0.29, 0.717) is 6.08 Å². The number of allylic oxidation sites excluding steroid dienone is 1. The van der Waals surface area contributed by atoms with Crippen LogP contribution in [0.1, 0.15) is 72.3 Å². The number of ketones is 3. The lowest BCUT2D eigenvalue weighted by Crippen LogP contribution is -2.25. The van der Waals surface area contributed by atoms with E-state index < -0.39 is 82.9 Å². The molecule has 5 rings (SSSR count). The summed E-state index contributed by atoms with van der Waals surface area (Å²) in [6, 6.07) is 21.8. The smallest absolute Gasteiger partial charge is 0.419 e. The Morgan fingerprint density at radius 1 is 0.723 bits per heavy atom. The fourth-order valence-electron chi connectivity index (χ4n) is 6.40. The number of nitrogens with zero attached hydrogens (tertiary/aromatic N) is 1. The van der Waals surface area contributed by atoms with Crippen molar-refractivity contribution in [3.05, 3.63) is 142 Å². The number of ether oxygens (including phenoxy) is 2. The van der Waals surface area contributed by atoms with Crippen LogP contribution >= 0.6 is 0 Å². The average Bonchev–Trinajstić information content (AvgIpc) is 3.26. The molecule has 5 aromatic carbocycles. The first kappa shape index (κ1) is 47.7. The number of rotatable bonds is 17. The van der Waals surface area contributed by atoms with Crippen molar-refractivity contribution >= 4 is 58.2 Å². The van der Waals surface area contributed by atoms with Gasteiger partial charge in [-0.2, -0.15) is 18.4 Å². The molecule has 0 aromatic heterocycles. The first-order chi connectivity index (χ1) is 30.8. The Hall–Kier alpha value is -8.33. The number of anilines is 3. The minimum atomic E-state index is -4.99. The molecule has 5 N–H and O–H groups in total. The molecular weight excluding hydrogens is 857 g/mol. The van der Waals surface area contributed by atoms with Crippen LogP contribution in [0.4, 0.5) is 34.6 Å². The van der Waals surface area contributed by atoms with Crippen LogP contribution in [0.25, 0.3) is 6.08 Å². The lowest BCUT2D eigenvalue weighted by Gasteiger charge is -2.16. The Kier molecular flexibility index (Phi) is 15.2. The summed E-state index contributed by atoms with van der Waals surface area (Å²) in [6.45, 7) is 1.24. The van der Waals surface area contributed by atoms with Crippen LogP contribution in [-0.2, 0) is 16.0 Å². The number of nitrogens with one attached hydrogen (secondary N) is 3. The summed E-state index contributed by atoms with van der Waals surface area (Å²) < 4.78 is 64.9. The van der Waals surface area contributed by atoms with E-state index >= 15 is 0 Å². The van der Waals surface area contributed by atoms with Crippen molar-refractivity contribution in [1.29, 1.82) is 5.26 Å². The number of carbonyl (C=O) groups excluding carboxylic acids is 6. The number of alkyl halides is 3. The van der Waals surface area contributed by atoms with Gasteiger partial charge in [-0.1, -0.05) is 36.4 Å². The Morgan fingerprint density at radius 2 is 1.26 bits per heavy atom. The van der Waals surface area contributed by atoms with E-state index in [2.05, 4.69) is 16.0 Å². The molecule has 0 saturated heterocycles. The number of carbonyl (C=O) groups is 6. The maximum absolute atomic E-state index is 13.8. The SMILES string of the molecule is COc1c(NC(=O)c2ccc(NC(=O)c3ccc(NC(=O)[C@H](CC#N)CC(=O)c4ccc(CC(=O)/C(=C/c5ccc(F)cc5)C(F)(F)F)cc4)cc3)c(OC)c2O)ccc(C(C)=O)c1O. The van der Waals surface area contributed by atoms with Crippen LogP contribution in [0, 0.1) is 23.1 Å². The molecular formula is C47H38F4N4O10. The highest BCUT2D eigenvalue weighted by Gasteiger charge is 2.38. The zero-order valence-electron chi connectivity index (χ0n) is 34.6. The van der Waals surface area contributed by atoms with Gasteiger partial charge in [0.05, 0.1) is 54.3 Å². The van der Waals surface area contributed by atoms with E-state index in [-0.39, 0.29) is 68.4 Å². The van der Waals surface area contributed by atoms with E-state index in [1.54, 1.807) is 0 Å². The van der Waals surface area contributed by atoms with Crippen molar-refractivity contribution < 1.29 is 66.0 Å². The van der Waals surface area contributed by atoms with Crippen LogP contribution in [0.5, 0.6) is 23.0 Å². The molecule has 334 valence electrons. The van der Waals surface area contributed by atoms with Gasteiger partial charge >= 0.3 is 6.18 Å². The first-order valence-electron chi connectivity index (χ1n) is 19.3. The average molecular weight is 895 g/mol. The van der Waals surface area contributed by atoms with Crippen molar-refractivity contribution in [2.24, 2.45) is 5.92 Å². The molecule has 65 heavy (non-hydrogen) atoms. The Labute approximate surface area is 368 Å². The molecule has 0 radical (unpaired) electrons. The van der Waals surface area contributed by atoms with Gasteiger partial charge < -0.3 is 35.6 Å². The van der Waals surface area contributed by atoms with Gasteiger partial charge in [0.1, 0.15) is 5.82 Å². The summed E-state index contributed by atoms with van der Waals surface area (Å²) in [5, 5.41) is 38.4. The van der Waals surface area contributed by atoms with Crippen molar-refractivity contribution in [2.75, 3.05) is 30.2 Å². The summed E-state index contributed by atoms with van der Waals surface area (Å²) in [7, 11) is 2.41. The monoisotopic (exact) mass is 894 g/mol. The summed E-state index contributed by atoms with van der Waals surface area (Å²) in [4.78, 5) is 77.3. The van der Waals surface area contributed by atoms with E-state index in [4.69, 9.17) is 9.47 Å².